The van der Waals surface area contributed by atoms with Gasteiger partial charge in [-0.3, -0.25) is 4.90 Å². The number of likely N-dealkylation sites (N-methyl/N-ethyl adjacent to an activating group) is 2. The normalized spacial score (nSPS) is 12.4. The maximum Gasteiger partial charge on any atom is 0.208 e. The van der Waals surface area contributed by atoms with Crippen LogP contribution in [0.15, 0.2) is 10.6 Å². The zero-order chi connectivity index (χ0) is 12.2. The van der Waals surface area contributed by atoms with E-state index >= 15 is 0 Å². The molecule has 1 aromatic heterocycles. The standard InChI is InChI=1S/C12H23N3O/c1-12(2,3)10-8-14-11(16-10)9-15(5)7-6-13-4/h8,13H,6-7,9H2,1-5H3. The molecule has 0 aliphatic carbocycles. The van der Waals surface area contributed by atoms with Crippen LogP contribution in [0, 0.1) is 0 Å². The van der Waals surface area contributed by atoms with Crippen molar-refractivity contribution in [1.82, 2.24) is 15.2 Å². The molecule has 0 unspecified atom stereocenters. The fraction of sp³-hybridized carbons (Fsp3) is 0.750. The molecule has 0 aromatic carbocycles. The maximum absolute atomic E-state index is 5.73. The van der Waals surface area contributed by atoms with Gasteiger partial charge in [0.25, 0.3) is 0 Å². The summed E-state index contributed by atoms with van der Waals surface area (Å²) in [6.45, 7) is 9.11. The summed E-state index contributed by atoms with van der Waals surface area (Å²) in [5, 5.41) is 3.12. The summed E-state index contributed by atoms with van der Waals surface area (Å²) < 4.78 is 5.73. The average molecular weight is 225 g/mol. The number of nitrogens with one attached hydrogen (secondary N) is 1. The average Bonchev–Trinajstić information content (AvgIpc) is 2.62. The van der Waals surface area contributed by atoms with E-state index < -0.39 is 0 Å². The highest BCUT2D eigenvalue weighted by molar-refractivity contribution is 5.05. The Balaban J connectivity index is 2.52. The summed E-state index contributed by atoms with van der Waals surface area (Å²) in [5.74, 6) is 1.74. The lowest BCUT2D eigenvalue weighted by molar-refractivity contribution is 0.277. The Hall–Kier alpha value is -0.870. The highest BCUT2D eigenvalue weighted by Gasteiger charge is 2.19. The van der Waals surface area contributed by atoms with Crippen molar-refractivity contribution in [2.24, 2.45) is 0 Å². The van der Waals surface area contributed by atoms with Crippen LogP contribution < -0.4 is 5.32 Å². The van der Waals surface area contributed by atoms with Crippen molar-refractivity contribution >= 4 is 0 Å². The van der Waals surface area contributed by atoms with Gasteiger partial charge in [0.15, 0.2) is 0 Å². The van der Waals surface area contributed by atoms with Crippen molar-refractivity contribution < 1.29 is 4.42 Å². The molecule has 16 heavy (non-hydrogen) atoms. The summed E-state index contributed by atoms with van der Waals surface area (Å²) in [5.41, 5.74) is 0.0365. The van der Waals surface area contributed by atoms with E-state index in [1.165, 1.54) is 0 Å². The fourth-order valence-electron chi connectivity index (χ4n) is 1.34. The Bertz CT molecular complexity index is 314. The van der Waals surface area contributed by atoms with E-state index in [9.17, 15) is 0 Å². The van der Waals surface area contributed by atoms with E-state index in [2.05, 4.69) is 43.0 Å². The molecule has 0 aliphatic heterocycles. The quantitative estimate of drug-likeness (QED) is 0.827. The molecule has 0 fully saturated rings. The van der Waals surface area contributed by atoms with Gasteiger partial charge in [-0.25, -0.2) is 4.98 Å². The second-order valence-electron chi connectivity index (χ2n) is 5.21. The Labute approximate surface area is 98.0 Å². The molecule has 1 N–H and O–H groups in total. The molecule has 4 nitrogen and oxygen atoms in total. The molecule has 0 saturated heterocycles. The molecular formula is C12H23N3O. The first-order valence-electron chi connectivity index (χ1n) is 5.72. The number of oxazole rings is 1. The van der Waals surface area contributed by atoms with Gasteiger partial charge in [-0.05, 0) is 14.1 Å². The van der Waals surface area contributed by atoms with E-state index in [-0.39, 0.29) is 5.41 Å². The monoisotopic (exact) mass is 225 g/mol. The third-order valence-corrected chi connectivity index (χ3v) is 2.44. The van der Waals surface area contributed by atoms with E-state index in [0.29, 0.717) is 0 Å². The largest absolute Gasteiger partial charge is 0.444 e. The summed E-state index contributed by atoms with van der Waals surface area (Å²) >= 11 is 0. The molecule has 4 heteroatoms. The SMILES string of the molecule is CNCCN(C)Cc1ncc(C(C)(C)C)o1. The van der Waals surface area contributed by atoms with Crippen molar-refractivity contribution in [3.63, 3.8) is 0 Å². The summed E-state index contributed by atoms with van der Waals surface area (Å²) in [6.07, 6.45) is 1.83. The minimum absolute atomic E-state index is 0.0365. The van der Waals surface area contributed by atoms with Crippen LogP contribution in [-0.4, -0.2) is 37.1 Å². The number of hydrogen-bond donors (Lipinski definition) is 1. The number of hydrogen-bond acceptors (Lipinski definition) is 4. The van der Waals surface area contributed by atoms with E-state index in [1.54, 1.807) is 0 Å². The van der Waals surface area contributed by atoms with Gasteiger partial charge >= 0.3 is 0 Å². The van der Waals surface area contributed by atoms with Crippen molar-refractivity contribution in [3.8, 4) is 0 Å². The van der Waals surface area contributed by atoms with Gasteiger partial charge in [0, 0.05) is 18.5 Å². The number of aromatic nitrogens is 1. The molecule has 1 aromatic rings. The lowest BCUT2D eigenvalue weighted by Gasteiger charge is -2.15. The highest BCUT2D eigenvalue weighted by Crippen LogP contribution is 2.22. The van der Waals surface area contributed by atoms with Crippen LogP contribution in [0.2, 0.25) is 0 Å². The minimum Gasteiger partial charge on any atom is -0.444 e. The van der Waals surface area contributed by atoms with E-state index in [0.717, 1.165) is 31.3 Å². The smallest absolute Gasteiger partial charge is 0.208 e. The fourth-order valence-corrected chi connectivity index (χ4v) is 1.34. The van der Waals surface area contributed by atoms with Crippen LogP contribution in [0.1, 0.15) is 32.4 Å². The van der Waals surface area contributed by atoms with Crippen LogP contribution in [0.5, 0.6) is 0 Å². The second-order valence-corrected chi connectivity index (χ2v) is 5.21. The summed E-state index contributed by atoms with van der Waals surface area (Å²) in [6, 6.07) is 0. The van der Waals surface area contributed by atoms with Gasteiger partial charge in [-0.2, -0.15) is 0 Å². The lowest BCUT2D eigenvalue weighted by atomic mass is 9.94. The van der Waals surface area contributed by atoms with Crippen LogP contribution in [0.4, 0.5) is 0 Å². The summed E-state index contributed by atoms with van der Waals surface area (Å²) in [4.78, 5) is 6.49. The van der Waals surface area contributed by atoms with Crippen LogP contribution in [0.3, 0.4) is 0 Å². The first-order chi connectivity index (χ1) is 7.43. The Kier molecular flexibility index (Phi) is 4.50. The number of rotatable bonds is 5. The molecule has 1 heterocycles. The molecular weight excluding hydrogens is 202 g/mol. The van der Waals surface area contributed by atoms with Crippen molar-refractivity contribution in [2.75, 3.05) is 27.2 Å². The zero-order valence-electron chi connectivity index (χ0n) is 11.0. The lowest BCUT2D eigenvalue weighted by Crippen LogP contribution is -2.27. The van der Waals surface area contributed by atoms with Crippen LogP contribution in [-0.2, 0) is 12.0 Å². The third-order valence-electron chi connectivity index (χ3n) is 2.44. The first kappa shape index (κ1) is 13.2. The Morgan fingerprint density at radius 1 is 1.44 bits per heavy atom. The van der Waals surface area contributed by atoms with Gasteiger partial charge in [0.2, 0.25) is 5.89 Å². The molecule has 0 aliphatic rings. The third kappa shape index (κ3) is 3.94. The second kappa shape index (κ2) is 5.46. The molecule has 0 amide bonds. The Morgan fingerprint density at radius 3 is 2.62 bits per heavy atom. The molecule has 1 rings (SSSR count). The predicted octanol–water partition coefficient (Wildman–Crippen LogP) is 1.62. The van der Waals surface area contributed by atoms with Gasteiger partial charge in [0.05, 0.1) is 12.7 Å². The first-order valence-corrected chi connectivity index (χ1v) is 5.72. The topological polar surface area (TPSA) is 41.3 Å². The van der Waals surface area contributed by atoms with Crippen LogP contribution >= 0.6 is 0 Å². The van der Waals surface area contributed by atoms with Crippen molar-refractivity contribution in [3.05, 3.63) is 17.8 Å². The maximum atomic E-state index is 5.73. The summed E-state index contributed by atoms with van der Waals surface area (Å²) in [7, 11) is 4.02. The molecule has 0 radical (unpaired) electrons. The van der Waals surface area contributed by atoms with Crippen molar-refractivity contribution in [2.45, 2.75) is 32.7 Å². The minimum atomic E-state index is 0.0365. The van der Waals surface area contributed by atoms with Gasteiger partial charge in [0.1, 0.15) is 5.76 Å². The molecule has 0 saturated carbocycles. The van der Waals surface area contributed by atoms with Gasteiger partial charge in [-0.15, -0.1) is 0 Å². The van der Waals surface area contributed by atoms with Crippen molar-refractivity contribution in [1.29, 1.82) is 0 Å². The van der Waals surface area contributed by atoms with E-state index in [4.69, 9.17) is 4.42 Å². The molecule has 92 valence electrons. The van der Waals surface area contributed by atoms with E-state index in [1.807, 2.05) is 13.2 Å². The molecule has 0 atom stereocenters. The number of nitrogens with zero attached hydrogens (tertiary/aromatic N) is 2. The van der Waals surface area contributed by atoms with Crippen LogP contribution in [0.25, 0.3) is 0 Å². The zero-order valence-corrected chi connectivity index (χ0v) is 11.0. The van der Waals surface area contributed by atoms with Gasteiger partial charge in [-0.1, -0.05) is 20.8 Å². The van der Waals surface area contributed by atoms with Gasteiger partial charge < -0.3 is 9.73 Å². The molecule has 0 spiro atoms. The Morgan fingerprint density at radius 2 is 2.12 bits per heavy atom. The predicted molar refractivity (Wildman–Crippen MR) is 65.5 cm³/mol. The molecule has 0 bridgehead atoms. The highest BCUT2D eigenvalue weighted by atomic mass is 16.4.